The Balaban J connectivity index is 1.24. The Morgan fingerprint density at radius 2 is 1.62 bits per heavy atom. The third kappa shape index (κ3) is 4.86. The van der Waals surface area contributed by atoms with Crippen molar-refractivity contribution in [3.05, 3.63) is 23.9 Å². The Labute approximate surface area is 209 Å². The number of carbonyl (C=O) groups is 2. The third-order valence-electron chi connectivity index (χ3n) is 8.74. The van der Waals surface area contributed by atoms with Gasteiger partial charge >= 0.3 is 12.4 Å². The van der Waals surface area contributed by atoms with Crippen molar-refractivity contribution in [2.45, 2.75) is 56.5 Å². The molecule has 0 spiro atoms. The second-order valence-electron chi connectivity index (χ2n) is 11.0. The van der Waals surface area contributed by atoms with Gasteiger partial charge in [-0.1, -0.05) is 0 Å². The fourth-order valence-electron chi connectivity index (χ4n) is 7.28. The Bertz CT molecular complexity index is 1020. The van der Waals surface area contributed by atoms with Gasteiger partial charge in [0.25, 0.3) is 0 Å². The van der Waals surface area contributed by atoms with Gasteiger partial charge in [0.2, 0.25) is 11.8 Å². The first-order valence-corrected chi connectivity index (χ1v) is 12.5. The van der Waals surface area contributed by atoms with Gasteiger partial charge in [-0.05, 0) is 62.0 Å². The Kier molecular flexibility index (Phi) is 6.35. The predicted molar refractivity (Wildman–Crippen MR) is 120 cm³/mol. The molecule has 0 aromatic carbocycles. The average molecular weight is 534 g/mol. The van der Waals surface area contributed by atoms with Gasteiger partial charge in [0.15, 0.2) is 6.04 Å². The van der Waals surface area contributed by atoms with E-state index in [1.807, 2.05) is 0 Å². The van der Waals surface area contributed by atoms with Crippen LogP contribution in [0.15, 0.2) is 18.3 Å². The van der Waals surface area contributed by atoms with Crippen LogP contribution in [0.1, 0.15) is 37.7 Å². The van der Waals surface area contributed by atoms with Crippen LogP contribution in [0.25, 0.3) is 0 Å². The van der Waals surface area contributed by atoms with Gasteiger partial charge < -0.3 is 16.0 Å². The largest absolute Gasteiger partial charge is 0.417 e. The normalized spacial score (nSPS) is 32.9. The SMILES string of the molecule is NC(=O)C12CC3CC(C1)C(NC(=O)C(N1CCN(c4ccc(C(F)(F)F)cn4)CC1)C(F)(F)F)C(C3)C2. The molecule has 5 fully saturated rings. The smallest absolute Gasteiger partial charge is 0.369 e. The summed E-state index contributed by atoms with van der Waals surface area (Å²) in [4.78, 5) is 31.7. The molecule has 6 rings (SSSR count). The van der Waals surface area contributed by atoms with Gasteiger partial charge in [-0.25, -0.2) is 4.98 Å². The molecule has 4 aliphatic carbocycles. The van der Waals surface area contributed by atoms with E-state index in [9.17, 15) is 35.9 Å². The first kappa shape index (κ1) is 26.1. The highest BCUT2D eigenvalue weighted by molar-refractivity contribution is 5.84. The first-order chi connectivity index (χ1) is 17.3. The van der Waals surface area contributed by atoms with Crippen molar-refractivity contribution < 1.29 is 35.9 Å². The number of rotatable bonds is 5. The van der Waals surface area contributed by atoms with Crippen LogP contribution in [0.2, 0.25) is 0 Å². The number of nitrogens with two attached hydrogens (primary N) is 1. The summed E-state index contributed by atoms with van der Waals surface area (Å²) in [6.07, 6.45) is -5.39. The summed E-state index contributed by atoms with van der Waals surface area (Å²) in [6, 6.07) is -0.678. The number of halogens is 6. The number of hydrogen-bond donors (Lipinski definition) is 2. The zero-order valence-corrected chi connectivity index (χ0v) is 20.0. The summed E-state index contributed by atoms with van der Waals surface area (Å²) < 4.78 is 80.7. The van der Waals surface area contributed by atoms with E-state index < -0.39 is 41.3 Å². The van der Waals surface area contributed by atoms with Crippen molar-refractivity contribution in [2.24, 2.45) is 28.9 Å². The highest BCUT2D eigenvalue weighted by atomic mass is 19.4. The Hall–Kier alpha value is -2.57. The zero-order chi connectivity index (χ0) is 26.8. The second-order valence-corrected chi connectivity index (χ2v) is 11.0. The topological polar surface area (TPSA) is 91.6 Å². The lowest BCUT2D eigenvalue weighted by molar-refractivity contribution is -0.192. The fourth-order valence-corrected chi connectivity index (χ4v) is 7.28. The molecular weight excluding hydrogens is 504 g/mol. The highest BCUT2D eigenvalue weighted by Crippen LogP contribution is 2.60. The Morgan fingerprint density at radius 3 is 2.11 bits per heavy atom. The van der Waals surface area contributed by atoms with E-state index >= 15 is 0 Å². The van der Waals surface area contributed by atoms with E-state index in [1.54, 1.807) is 4.90 Å². The van der Waals surface area contributed by atoms with Crippen molar-refractivity contribution in [3.63, 3.8) is 0 Å². The van der Waals surface area contributed by atoms with Crippen LogP contribution in [0, 0.1) is 23.2 Å². The molecule has 5 aliphatic rings. The van der Waals surface area contributed by atoms with Gasteiger partial charge in [0, 0.05) is 43.8 Å². The lowest BCUT2D eigenvalue weighted by Gasteiger charge is -2.59. The quantitative estimate of drug-likeness (QED) is 0.568. The number of carbonyl (C=O) groups excluding carboxylic acids is 2. The van der Waals surface area contributed by atoms with E-state index in [1.165, 1.54) is 6.07 Å². The molecule has 0 radical (unpaired) electrons. The van der Waals surface area contributed by atoms with Crippen LogP contribution in [0.3, 0.4) is 0 Å². The Morgan fingerprint density at radius 1 is 1.00 bits per heavy atom. The summed E-state index contributed by atoms with van der Waals surface area (Å²) in [5.41, 5.74) is 4.17. The maximum atomic E-state index is 14.1. The summed E-state index contributed by atoms with van der Waals surface area (Å²) >= 11 is 0. The molecule has 204 valence electrons. The van der Waals surface area contributed by atoms with E-state index in [2.05, 4.69) is 10.3 Å². The van der Waals surface area contributed by atoms with Crippen LogP contribution < -0.4 is 16.0 Å². The number of anilines is 1. The lowest BCUT2D eigenvalue weighted by Crippen LogP contribution is -2.66. The van der Waals surface area contributed by atoms with Crippen molar-refractivity contribution >= 4 is 17.6 Å². The summed E-state index contributed by atoms with van der Waals surface area (Å²) in [5, 5.41) is 2.70. The molecule has 3 unspecified atom stereocenters. The van der Waals surface area contributed by atoms with E-state index in [-0.39, 0.29) is 49.7 Å². The monoisotopic (exact) mass is 533 g/mol. The number of alkyl halides is 6. The number of nitrogens with one attached hydrogen (secondary N) is 1. The number of aromatic nitrogens is 1. The number of piperazine rings is 1. The lowest BCUT2D eigenvalue weighted by atomic mass is 9.47. The third-order valence-corrected chi connectivity index (χ3v) is 8.74. The van der Waals surface area contributed by atoms with Gasteiger partial charge in [-0.3, -0.25) is 14.5 Å². The van der Waals surface area contributed by atoms with Crippen molar-refractivity contribution in [1.82, 2.24) is 15.2 Å². The van der Waals surface area contributed by atoms with E-state index in [0.29, 0.717) is 25.0 Å². The number of amides is 2. The molecule has 7 nitrogen and oxygen atoms in total. The molecule has 2 heterocycles. The first-order valence-electron chi connectivity index (χ1n) is 12.5. The van der Waals surface area contributed by atoms with Gasteiger partial charge in [0.1, 0.15) is 5.82 Å². The van der Waals surface area contributed by atoms with Crippen LogP contribution >= 0.6 is 0 Å². The molecular formula is C24H29F6N5O2. The summed E-state index contributed by atoms with van der Waals surface area (Å²) in [6.45, 7) is -0.0548. The van der Waals surface area contributed by atoms with Crippen LogP contribution in [0.5, 0.6) is 0 Å². The summed E-state index contributed by atoms with van der Waals surface area (Å²) in [5.74, 6) is -1.05. The highest BCUT2D eigenvalue weighted by Gasteiger charge is 2.59. The molecule has 3 atom stereocenters. The standard InChI is InChI=1S/C24H29F6N5O2/c25-23(26,27)16-1-2-17(32-12-16)34-3-5-35(6-4-34)19(24(28,29)30)20(36)33-18-14-7-13-8-15(18)11-22(9-13,10-14)21(31)37/h1-2,12-15,18-19H,3-11H2,(H2,31,37)(H,33,36). The molecule has 4 bridgehead atoms. The van der Waals surface area contributed by atoms with Crippen molar-refractivity contribution in [1.29, 1.82) is 0 Å². The molecule has 1 saturated heterocycles. The minimum atomic E-state index is -4.81. The number of hydrogen-bond acceptors (Lipinski definition) is 5. The maximum absolute atomic E-state index is 14.1. The molecule has 13 heteroatoms. The molecule has 1 aromatic heterocycles. The van der Waals surface area contributed by atoms with Crippen LogP contribution in [-0.4, -0.2) is 66.1 Å². The van der Waals surface area contributed by atoms with Crippen molar-refractivity contribution in [3.8, 4) is 0 Å². The molecule has 1 aromatic rings. The van der Waals surface area contributed by atoms with Gasteiger partial charge in [-0.2, -0.15) is 26.3 Å². The number of nitrogens with zero attached hydrogens (tertiary/aromatic N) is 3. The molecule has 37 heavy (non-hydrogen) atoms. The molecule has 1 aliphatic heterocycles. The zero-order valence-electron chi connectivity index (χ0n) is 20.0. The van der Waals surface area contributed by atoms with E-state index in [0.717, 1.165) is 30.2 Å². The average Bonchev–Trinajstić information content (AvgIpc) is 2.80. The van der Waals surface area contributed by atoms with Crippen LogP contribution in [0.4, 0.5) is 32.2 Å². The molecule has 3 N–H and O–H groups in total. The second kappa shape index (κ2) is 9.02. The minimum absolute atomic E-state index is 0.0702. The predicted octanol–water partition coefficient (Wildman–Crippen LogP) is 2.95. The summed E-state index contributed by atoms with van der Waals surface area (Å²) in [7, 11) is 0. The van der Waals surface area contributed by atoms with E-state index in [4.69, 9.17) is 5.73 Å². The molecule has 4 saturated carbocycles. The number of pyridine rings is 1. The fraction of sp³-hybridized carbons (Fsp3) is 0.708. The van der Waals surface area contributed by atoms with Gasteiger partial charge in [0.05, 0.1) is 5.56 Å². The van der Waals surface area contributed by atoms with Crippen LogP contribution in [-0.2, 0) is 15.8 Å². The molecule has 2 amide bonds. The van der Waals surface area contributed by atoms with Crippen molar-refractivity contribution in [2.75, 3.05) is 31.1 Å². The van der Waals surface area contributed by atoms with Gasteiger partial charge in [-0.15, -0.1) is 0 Å². The minimum Gasteiger partial charge on any atom is -0.369 e. The maximum Gasteiger partial charge on any atom is 0.417 e. The number of primary amides is 1.